The normalized spacial score (nSPS) is 10.5. The minimum absolute atomic E-state index is 0.00424. The molecule has 0 aliphatic carbocycles. The molecular weight excluding hydrogens is 332 g/mol. The number of phenolic OH excluding ortho intramolecular Hbond substituents is 1. The van der Waals surface area contributed by atoms with Crippen LogP contribution in [0.15, 0.2) is 103 Å². The molecule has 0 aliphatic rings. The minimum atomic E-state index is -0.216. The SMILES string of the molecule is O=C(C=C(c1ccccc1)c1ccccc1)c1c(O)ccc2ccccc12. The Labute approximate surface area is 158 Å². The van der Waals surface area contributed by atoms with Crippen molar-refractivity contribution in [3.8, 4) is 5.75 Å². The molecular formula is C25H18O2. The van der Waals surface area contributed by atoms with Crippen molar-refractivity contribution in [3.05, 3.63) is 120 Å². The standard InChI is InChI=1S/C25H18O2/c26-23-16-15-20-13-7-8-14-21(20)25(23)24(27)17-22(18-9-3-1-4-10-18)19-11-5-2-6-12-19/h1-17,26H. The zero-order valence-electron chi connectivity index (χ0n) is 14.7. The minimum Gasteiger partial charge on any atom is -0.507 e. The predicted octanol–water partition coefficient (Wildman–Crippen LogP) is 5.86. The smallest absolute Gasteiger partial charge is 0.190 e. The fourth-order valence-electron chi connectivity index (χ4n) is 3.29. The van der Waals surface area contributed by atoms with Gasteiger partial charge in [0.05, 0.1) is 5.56 Å². The van der Waals surface area contributed by atoms with Crippen LogP contribution in [0.4, 0.5) is 0 Å². The van der Waals surface area contributed by atoms with Crippen LogP contribution < -0.4 is 0 Å². The van der Waals surface area contributed by atoms with Crippen LogP contribution >= 0.6 is 0 Å². The zero-order valence-corrected chi connectivity index (χ0v) is 14.7. The Balaban J connectivity index is 1.89. The van der Waals surface area contributed by atoms with E-state index in [1.165, 1.54) is 0 Å². The molecule has 0 heterocycles. The number of ketones is 1. The number of rotatable bonds is 4. The van der Waals surface area contributed by atoms with E-state index < -0.39 is 0 Å². The van der Waals surface area contributed by atoms with Gasteiger partial charge in [-0.1, -0.05) is 91.0 Å². The largest absolute Gasteiger partial charge is 0.507 e. The first-order chi connectivity index (χ1) is 13.2. The number of phenols is 1. The lowest BCUT2D eigenvalue weighted by Crippen LogP contribution is -2.00. The summed E-state index contributed by atoms with van der Waals surface area (Å²) in [5.41, 5.74) is 3.07. The van der Waals surface area contributed by atoms with Gasteiger partial charge < -0.3 is 5.11 Å². The van der Waals surface area contributed by atoms with Gasteiger partial charge in [0.15, 0.2) is 5.78 Å². The number of allylic oxidation sites excluding steroid dienone is 1. The van der Waals surface area contributed by atoms with Crippen LogP contribution in [-0.2, 0) is 0 Å². The molecule has 0 fully saturated rings. The molecule has 130 valence electrons. The van der Waals surface area contributed by atoms with Crippen molar-refractivity contribution in [1.29, 1.82) is 0 Å². The van der Waals surface area contributed by atoms with Crippen LogP contribution in [0.2, 0.25) is 0 Å². The quantitative estimate of drug-likeness (QED) is 0.370. The molecule has 0 saturated carbocycles. The van der Waals surface area contributed by atoms with E-state index in [0.29, 0.717) is 5.56 Å². The maximum absolute atomic E-state index is 13.2. The summed E-state index contributed by atoms with van der Waals surface area (Å²) in [5.74, 6) is -0.220. The first-order valence-electron chi connectivity index (χ1n) is 8.81. The van der Waals surface area contributed by atoms with Crippen LogP contribution in [0.1, 0.15) is 21.5 Å². The highest BCUT2D eigenvalue weighted by molar-refractivity contribution is 6.18. The topological polar surface area (TPSA) is 37.3 Å². The third-order valence-corrected chi connectivity index (χ3v) is 4.60. The Morgan fingerprint density at radius 3 is 1.85 bits per heavy atom. The summed E-state index contributed by atoms with van der Waals surface area (Å²) in [7, 11) is 0. The Morgan fingerprint density at radius 1 is 0.667 bits per heavy atom. The van der Waals surface area contributed by atoms with Crippen molar-refractivity contribution < 1.29 is 9.90 Å². The Kier molecular flexibility index (Phi) is 4.54. The van der Waals surface area contributed by atoms with Crippen molar-refractivity contribution in [2.75, 3.05) is 0 Å². The van der Waals surface area contributed by atoms with E-state index in [1.54, 1.807) is 12.1 Å². The molecule has 1 N–H and O–H groups in total. The molecule has 2 heteroatoms. The number of hydrogen-bond donors (Lipinski definition) is 1. The second kappa shape index (κ2) is 7.30. The molecule has 0 aliphatic heterocycles. The molecule has 4 rings (SSSR count). The first kappa shape index (κ1) is 16.8. The molecule has 0 aromatic heterocycles. The molecule has 4 aromatic rings. The van der Waals surface area contributed by atoms with Crippen LogP contribution in [-0.4, -0.2) is 10.9 Å². The molecule has 0 unspecified atom stereocenters. The molecule has 27 heavy (non-hydrogen) atoms. The summed E-state index contributed by atoms with van der Waals surface area (Å²) >= 11 is 0. The average molecular weight is 350 g/mol. The van der Waals surface area contributed by atoms with Crippen LogP contribution in [0.3, 0.4) is 0 Å². The van der Waals surface area contributed by atoms with Crippen molar-refractivity contribution in [1.82, 2.24) is 0 Å². The highest BCUT2D eigenvalue weighted by atomic mass is 16.3. The van der Waals surface area contributed by atoms with Gasteiger partial charge in [-0.3, -0.25) is 4.79 Å². The van der Waals surface area contributed by atoms with Gasteiger partial charge in [-0.25, -0.2) is 0 Å². The number of carbonyl (C=O) groups is 1. The van der Waals surface area contributed by atoms with E-state index in [1.807, 2.05) is 91.0 Å². The Morgan fingerprint density at radius 2 is 1.22 bits per heavy atom. The van der Waals surface area contributed by atoms with Crippen molar-refractivity contribution >= 4 is 22.1 Å². The van der Waals surface area contributed by atoms with E-state index in [2.05, 4.69) is 0 Å². The molecule has 2 nitrogen and oxygen atoms in total. The van der Waals surface area contributed by atoms with Crippen LogP contribution in [0.5, 0.6) is 5.75 Å². The zero-order chi connectivity index (χ0) is 18.6. The molecule has 0 saturated heterocycles. The second-order valence-electron chi connectivity index (χ2n) is 6.34. The summed E-state index contributed by atoms with van der Waals surface area (Å²) in [4.78, 5) is 13.2. The second-order valence-corrected chi connectivity index (χ2v) is 6.34. The molecule has 0 amide bonds. The monoisotopic (exact) mass is 350 g/mol. The Bertz CT molecular complexity index is 1090. The fourth-order valence-corrected chi connectivity index (χ4v) is 3.29. The van der Waals surface area contributed by atoms with Gasteiger partial charge in [0.25, 0.3) is 0 Å². The first-order valence-corrected chi connectivity index (χ1v) is 8.81. The number of hydrogen-bond acceptors (Lipinski definition) is 2. The van der Waals surface area contributed by atoms with Crippen molar-refractivity contribution in [2.45, 2.75) is 0 Å². The van der Waals surface area contributed by atoms with E-state index in [0.717, 1.165) is 27.5 Å². The van der Waals surface area contributed by atoms with E-state index in [4.69, 9.17) is 0 Å². The lowest BCUT2D eigenvalue weighted by Gasteiger charge is -2.10. The van der Waals surface area contributed by atoms with Crippen molar-refractivity contribution in [3.63, 3.8) is 0 Å². The van der Waals surface area contributed by atoms with Gasteiger partial charge >= 0.3 is 0 Å². The summed E-state index contributed by atoms with van der Waals surface area (Å²) in [6.45, 7) is 0. The van der Waals surface area contributed by atoms with Gasteiger partial charge in [-0.2, -0.15) is 0 Å². The Hall–Kier alpha value is -3.65. The highest BCUT2D eigenvalue weighted by Gasteiger charge is 2.15. The lowest BCUT2D eigenvalue weighted by molar-refractivity contribution is 0.104. The molecule has 0 radical (unpaired) electrons. The average Bonchev–Trinajstić information content (AvgIpc) is 2.73. The van der Waals surface area contributed by atoms with Gasteiger partial charge in [-0.05, 0) is 39.6 Å². The van der Waals surface area contributed by atoms with Crippen LogP contribution in [0, 0.1) is 0 Å². The molecule has 0 bridgehead atoms. The van der Waals surface area contributed by atoms with E-state index in [9.17, 15) is 9.90 Å². The molecule has 0 atom stereocenters. The fraction of sp³-hybridized carbons (Fsp3) is 0. The van der Waals surface area contributed by atoms with Gasteiger partial charge in [0, 0.05) is 0 Å². The third-order valence-electron chi connectivity index (χ3n) is 4.60. The maximum Gasteiger partial charge on any atom is 0.190 e. The summed E-state index contributed by atoms with van der Waals surface area (Å²) in [6.07, 6.45) is 1.62. The number of benzene rings is 4. The van der Waals surface area contributed by atoms with E-state index >= 15 is 0 Å². The summed E-state index contributed by atoms with van der Waals surface area (Å²) < 4.78 is 0. The van der Waals surface area contributed by atoms with Gasteiger partial charge in [0.1, 0.15) is 5.75 Å². The third kappa shape index (κ3) is 3.38. The van der Waals surface area contributed by atoms with Gasteiger partial charge in [-0.15, -0.1) is 0 Å². The highest BCUT2D eigenvalue weighted by Crippen LogP contribution is 2.30. The maximum atomic E-state index is 13.2. The number of carbonyl (C=O) groups excluding carboxylic acids is 1. The molecule has 0 spiro atoms. The van der Waals surface area contributed by atoms with Crippen molar-refractivity contribution in [2.24, 2.45) is 0 Å². The van der Waals surface area contributed by atoms with Crippen LogP contribution in [0.25, 0.3) is 16.3 Å². The molecule has 4 aromatic carbocycles. The van der Waals surface area contributed by atoms with E-state index in [-0.39, 0.29) is 11.5 Å². The number of fused-ring (bicyclic) bond motifs is 1. The number of aromatic hydroxyl groups is 1. The lowest BCUT2D eigenvalue weighted by atomic mass is 9.93. The van der Waals surface area contributed by atoms with Gasteiger partial charge in [0.2, 0.25) is 0 Å². The summed E-state index contributed by atoms with van der Waals surface area (Å²) in [6, 6.07) is 30.6. The predicted molar refractivity (Wildman–Crippen MR) is 110 cm³/mol. The summed E-state index contributed by atoms with van der Waals surface area (Å²) in [5, 5.41) is 12.1.